The molecule has 0 spiro atoms. The van der Waals surface area contributed by atoms with Crippen molar-refractivity contribution in [2.75, 3.05) is 0 Å². The van der Waals surface area contributed by atoms with Gasteiger partial charge >= 0.3 is 0 Å². The van der Waals surface area contributed by atoms with E-state index in [2.05, 4.69) is 4.98 Å². The highest BCUT2D eigenvalue weighted by atomic mass is 19.1. The summed E-state index contributed by atoms with van der Waals surface area (Å²) in [6.07, 6.45) is 0. The quantitative estimate of drug-likeness (QED) is 0.500. The van der Waals surface area contributed by atoms with Crippen molar-refractivity contribution >= 4 is 11.1 Å². The highest BCUT2D eigenvalue weighted by Crippen LogP contribution is 2.29. The lowest BCUT2D eigenvalue weighted by atomic mass is 10.1. The number of fused-ring (bicyclic) bond motifs is 1. The maximum Gasteiger partial charge on any atom is 0.227 e. The van der Waals surface area contributed by atoms with Gasteiger partial charge in [-0.3, -0.25) is 0 Å². The third-order valence-electron chi connectivity index (χ3n) is 3.58. The van der Waals surface area contributed by atoms with Gasteiger partial charge in [-0.15, -0.1) is 0 Å². The average Bonchev–Trinajstić information content (AvgIpc) is 2.99. The summed E-state index contributed by atoms with van der Waals surface area (Å²) in [5.74, 6) is 0.428. The van der Waals surface area contributed by atoms with Gasteiger partial charge < -0.3 is 4.42 Å². The van der Waals surface area contributed by atoms with E-state index >= 15 is 0 Å². The Morgan fingerprint density at radius 1 is 0.773 bits per heavy atom. The van der Waals surface area contributed by atoms with E-state index in [1.165, 1.54) is 12.1 Å². The molecule has 2 heterocycles. The Balaban J connectivity index is 1.80. The van der Waals surface area contributed by atoms with E-state index in [-0.39, 0.29) is 5.82 Å². The number of rotatable bonds is 2. The Hall–Kier alpha value is -2.94. The lowest BCUT2D eigenvalue weighted by Gasteiger charge is -1.99. The Bertz CT molecular complexity index is 927. The van der Waals surface area contributed by atoms with Crippen molar-refractivity contribution in [3.05, 3.63) is 78.6 Å². The molecule has 0 N–H and O–H groups in total. The van der Waals surface area contributed by atoms with Crippen molar-refractivity contribution in [3.8, 4) is 22.6 Å². The van der Waals surface area contributed by atoms with Crippen molar-refractivity contribution in [2.24, 2.45) is 0 Å². The maximum absolute atomic E-state index is 13.0. The van der Waals surface area contributed by atoms with E-state index in [1.54, 1.807) is 12.1 Å². The summed E-state index contributed by atoms with van der Waals surface area (Å²) in [5.41, 5.74) is 3.33. The molecule has 0 aliphatic heterocycles. The van der Waals surface area contributed by atoms with Crippen molar-refractivity contribution in [2.45, 2.75) is 0 Å². The van der Waals surface area contributed by atoms with Crippen molar-refractivity contribution in [1.29, 1.82) is 0 Å². The molecule has 106 valence electrons. The second kappa shape index (κ2) is 5.11. The van der Waals surface area contributed by atoms with Crippen LogP contribution in [0.2, 0.25) is 0 Å². The van der Waals surface area contributed by atoms with E-state index in [0.717, 1.165) is 22.2 Å². The zero-order valence-corrected chi connectivity index (χ0v) is 11.7. The highest BCUT2D eigenvalue weighted by Gasteiger charge is 2.09. The fourth-order valence-electron chi connectivity index (χ4n) is 2.44. The van der Waals surface area contributed by atoms with Crippen LogP contribution in [0.4, 0.5) is 4.39 Å². The lowest BCUT2D eigenvalue weighted by molar-refractivity contribution is 0.616. The number of benzene rings is 2. The molecule has 0 fully saturated rings. The minimum absolute atomic E-state index is 0.260. The number of halogens is 1. The van der Waals surface area contributed by atoms with Crippen LogP contribution in [0.3, 0.4) is 0 Å². The number of hydrogen-bond donors (Lipinski definition) is 0. The summed E-state index contributed by atoms with van der Waals surface area (Å²) in [5, 5.41) is 0.930. The first kappa shape index (κ1) is 12.8. The standard InChI is InChI=1S/C19H12FNO/c20-16-9-6-14(7-10-16)18-12-15-8-11-17(21-19(15)22-18)13-4-2-1-3-5-13/h1-12H. The molecule has 2 nitrogen and oxygen atoms in total. The number of aromatic nitrogens is 1. The molecular formula is C19H12FNO. The van der Waals surface area contributed by atoms with Crippen LogP contribution in [0.1, 0.15) is 0 Å². The van der Waals surface area contributed by atoms with Crippen LogP contribution in [0.25, 0.3) is 33.7 Å². The normalized spacial score (nSPS) is 11.0. The van der Waals surface area contributed by atoms with Gasteiger partial charge in [0.15, 0.2) is 0 Å². The summed E-state index contributed by atoms with van der Waals surface area (Å²) in [6.45, 7) is 0. The molecular weight excluding hydrogens is 277 g/mol. The maximum atomic E-state index is 13.0. The van der Waals surface area contributed by atoms with Crippen LogP contribution >= 0.6 is 0 Å². The van der Waals surface area contributed by atoms with Crippen LogP contribution in [0.15, 0.2) is 77.2 Å². The van der Waals surface area contributed by atoms with Crippen LogP contribution < -0.4 is 0 Å². The summed E-state index contributed by atoms with van der Waals surface area (Å²) in [6, 6.07) is 22.1. The lowest BCUT2D eigenvalue weighted by Crippen LogP contribution is -1.82. The van der Waals surface area contributed by atoms with Crippen LogP contribution in [0, 0.1) is 5.82 Å². The molecule has 0 aliphatic carbocycles. The second-order valence-corrected chi connectivity index (χ2v) is 5.07. The molecule has 2 aromatic carbocycles. The Morgan fingerprint density at radius 2 is 1.55 bits per heavy atom. The summed E-state index contributed by atoms with van der Waals surface area (Å²) in [7, 11) is 0. The molecule has 0 amide bonds. The first-order chi connectivity index (χ1) is 10.8. The van der Waals surface area contributed by atoms with Gasteiger partial charge in [0.1, 0.15) is 11.6 Å². The van der Waals surface area contributed by atoms with E-state index in [4.69, 9.17) is 4.42 Å². The monoisotopic (exact) mass is 289 g/mol. The number of hydrogen-bond acceptors (Lipinski definition) is 2. The van der Waals surface area contributed by atoms with Crippen LogP contribution in [-0.2, 0) is 0 Å². The Kier molecular flexibility index (Phi) is 2.97. The second-order valence-electron chi connectivity index (χ2n) is 5.07. The fraction of sp³-hybridized carbons (Fsp3) is 0. The molecule has 4 aromatic rings. The molecule has 0 bridgehead atoms. The largest absolute Gasteiger partial charge is 0.438 e. The van der Waals surface area contributed by atoms with E-state index < -0.39 is 0 Å². The SMILES string of the molecule is Fc1ccc(-c2cc3ccc(-c4ccccc4)nc3o2)cc1. The Labute approximate surface area is 126 Å². The fourth-order valence-corrected chi connectivity index (χ4v) is 2.44. The molecule has 0 radical (unpaired) electrons. The average molecular weight is 289 g/mol. The first-order valence-corrected chi connectivity index (χ1v) is 7.01. The first-order valence-electron chi connectivity index (χ1n) is 7.01. The molecule has 4 rings (SSSR count). The molecule has 3 heteroatoms. The van der Waals surface area contributed by atoms with Gasteiger partial charge in [0.05, 0.1) is 5.69 Å². The number of nitrogens with zero attached hydrogens (tertiary/aromatic N) is 1. The smallest absolute Gasteiger partial charge is 0.227 e. The van der Waals surface area contributed by atoms with Gasteiger partial charge in [-0.25, -0.2) is 9.37 Å². The molecule has 0 saturated heterocycles. The molecule has 2 aromatic heterocycles. The minimum Gasteiger partial charge on any atom is -0.438 e. The topological polar surface area (TPSA) is 26.0 Å². The van der Waals surface area contributed by atoms with Gasteiger partial charge in [0.25, 0.3) is 0 Å². The molecule has 0 aliphatic rings. The van der Waals surface area contributed by atoms with Crippen LogP contribution in [-0.4, -0.2) is 4.98 Å². The predicted octanol–water partition coefficient (Wildman–Crippen LogP) is 5.30. The number of furan rings is 1. The Morgan fingerprint density at radius 3 is 2.32 bits per heavy atom. The van der Waals surface area contributed by atoms with Gasteiger partial charge in [0.2, 0.25) is 5.71 Å². The van der Waals surface area contributed by atoms with E-state index in [9.17, 15) is 4.39 Å². The minimum atomic E-state index is -0.260. The summed E-state index contributed by atoms with van der Waals surface area (Å²) in [4.78, 5) is 4.57. The summed E-state index contributed by atoms with van der Waals surface area (Å²) >= 11 is 0. The summed E-state index contributed by atoms with van der Waals surface area (Å²) < 4.78 is 18.8. The zero-order valence-electron chi connectivity index (χ0n) is 11.7. The zero-order chi connectivity index (χ0) is 14.9. The molecule has 0 atom stereocenters. The van der Waals surface area contributed by atoms with Crippen LogP contribution in [0.5, 0.6) is 0 Å². The molecule has 0 unspecified atom stereocenters. The van der Waals surface area contributed by atoms with Crippen molar-refractivity contribution in [1.82, 2.24) is 4.98 Å². The highest BCUT2D eigenvalue weighted by molar-refractivity contribution is 5.82. The van der Waals surface area contributed by atoms with Gasteiger partial charge in [-0.1, -0.05) is 30.3 Å². The van der Waals surface area contributed by atoms with Crippen molar-refractivity contribution < 1.29 is 8.81 Å². The molecule has 22 heavy (non-hydrogen) atoms. The van der Waals surface area contributed by atoms with E-state index in [1.807, 2.05) is 48.5 Å². The third kappa shape index (κ3) is 2.27. The van der Waals surface area contributed by atoms with Gasteiger partial charge in [-0.2, -0.15) is 0 Å². The van der Waals surface area contributed by atoms with Crippen molar-refractivity contribution in [3.63, 3.8) is 0 Å². The van der Waals surface area contributed by atoms with E-state index in [0.29, 0.717) is 11.5 Å². The molecule has 0 saturated carbocycles. The predicted molar refractivity (Wildman–Crippen MR) is 84.8 cm³/mol. The van der Waals surface area contributed by atoms with Gasteiger partial charge in [0, 0.05) is 16.5 Å². The number of pyridine rings is 1. The van der Waals surface area contributed by atoms with Gasteiger partial charge in [-0.05, 0) is 42.5 Å². The third-order valence-corrected chi connectivity index (χ3v) is 3.58.